The minimum absolute atomic E-state index is 0. The van der Waals surface area contributed by atoms with E-state index < -0.39 is 50.4 Å². The molecule has 3 aromatic rings. The van der Waals surface area contributed by atoms with Crippen LogP contribution >= 0.6 is 11.8 Å². The van der Waals surface area contributed by atoms with Crippen molar-refractivity contribution in [3.63, 3.8) is 0 Å². The van der Waals surface area contributed by atoms with E-state index in [1.807, 2.05) is 28.4 Å². The van der Waals surface area contributed by atoms with Gasteiger partial charge in [-0.2, -0.15) is 31.6 Å². The standard InChI is InChI=1S/C15H14F3N5O7S.C14H21NOS.Na/c1-28-9-6-10(29-2)21-13(20-9)22-14(25)23-31(26,27)11-7(12(24)30-3)4-5-8(19-11)15(16,17)18;1-3-10-15(11-4-2)14(16)17-12-13-8-6-5-7-9-13;/h4-6H,1-3H3,(H2,20,21,22,23,25);5-9H,3-4,10-12H2,1-2H3;/q;;+1. The Morgan fingerprint density at radius 2 is 1.47 bits per heavy atom. The summed E-state index contributed by atoms with van der Waals surface area (Å²) < 4.78 is 79.3. The van der Waals surface area contributed by atoms with Crippen LogP contribution < -0.4 is 49.1 Å². The van der Waals surface area contributed by atoms with Crippen LogP contribution in [0.15, 0.2) is 53.6 Å². The topological polar surface area (TPSA) is 179 Å². The number of nitrogens with one attached hydrogen (secondary N) is 2. The molecule has 0 bridgehead atoms. The van der Waals surface area contributed by atoms with Crippen LogP contribution in [0.3, 0.4) is 0 Å². The molecule has 14 nitrogen and oxygen atoms in total. The number of hydrogen-bond donors (Lipinski definition) is 2. The number of amides is 3. The summed E-state index contributed by atoms with van der Waals surface area (Å²) in [6.45, 7) is 5.96. The number of thioether (sulfide) groups is 1. The smallest absolute Gasteiger partial charge is 0.481 e. The maximum atomic E-state index is 13.0. The van der Waals surface area contributed by atoms with Crippen molar-refractivity contribution in [1.29, 1.82) is 0 Å². The Bertz CT molecular complexity index is 1630. The van der Waals surface area contributed by atoms with Crippen LogP contribution in [0, 0.1) is 0 Å². The zero-order chi connectivity index (χ0) is 35.9. The first-order chi connectivity index (χ1) is 22.7. The number of carbonyl (C=O) groups is 3. The van der Waals surface area contributed by atoms with Gasteiger partial charge in [0.15, 0.2) is 5.03 Å². The number of esters is 1. The number of pyridine rings is 1. The molecule has 3 amide bonds. The van der Waals surface area contributed by atoms with E-state index >= 15 is 0 Å². The second-order valence-corrected chi connectivity index (χ2v) is 11.9. The molecule has 0 fully saturated rings. The van der Waals surface area contributed by atoms with Gasteiger partial charge in [-0.1, -0.05) is 55.9 Å². The average Bonchev–Trinajstić information content (AvgIpc) is 3.06. The number of alkyl halides is 3. The van der Waals surface area contributed by atoms with E-state index in [1.165, 1.54) is 42.3 Å². The predicted octanol–water partition coefficient (Wildman–Crippen LogP) is 2.37. The zero-order valence-electron chi connectivity index (χ0n) is 27.7. The molecule has 0 saturated heterocycles. The number of carbonyl (C=O) groups excluding carboxylic acids is 3. The van der Waals surface area contributed by atoms with E-state index in [4.69, 9.17) is 9.47 Å². The van der Waals surface area contributed by atoms with Gasteiger partial charge < -0.3 is 19.1 Å². The van der Waals surface area contributed by atoms with E-state index in [9.17, 15) is 36.0 Å². The fourth-order valence-electron chi connectivity index (χ4n) is 3.68. The Balaban J connectivity index is 0.000000566. The number of benzene rings is 1. The van der Waals surface area contributed by atoms with Crippen molar-refractivity contribution in [2.75, 3.05) is 39.7 Å². The van der Waals surface area contributed by atoms with Gasteiger partial charge in [0.25, 0.3) is 15.3 Å². The summed E-state index contributed by atoms with van der Waals surface area (Å²) in [4.78, 5) is 48.2. The summed E-state index contributed by atoms with van der Waals surface area (Å²) in [6.07, 6.45) is -2.97. The number of sulfonamides is 1. The number of urea groups is 1. The third-order valence-corrected chi connectivity index (χ3v) is 8.07. The number of anilines is 1. The largest absolute Gasteiger partial charge is 1.00 e. The number of rotatable bonds is 12. The Hall–Kier alpha value is -3.65. The summed E-state index contributed by atoms with van der Waals surface area (Å²) in [5.41, 5.74) is -1.23. The molecule has 262 valence electrons. The van der Waals surface area contributed by atoms with Gasteiger partial charge in [0, 0.05) is 18.8 Å². The minimum atomic E-state index is -5.07. The molecule has 0 aliphatic carbocycles. The van der Waals surface area contributed by atoms with E-state index in [0.29, 0.717) is 12.1 Å². The van der Waals surface area contributed by atoms with Crippen molar-refractivity contribution in [1.82, 2.24) is 24.6 Å². The van der Waals surface area contributed by atoms with Gasteiger partial charge in [0.2, 0.25) is 17.7 Å². The maximum Gasteiger partial charge on any atom is 1.00 e. The molecule has 49 heavy (non-hydrogen) atoms. The Morgan fingerprint density at radius 3 is 1.96 bits per heavy atom. The van der Waals surface area contributed by atoms with Crippen LogP contribution in [0.1, 0.15) is 48.3 Å². The fraction of sp³-hybridized carbons (Fsp3) is 0.379. The molecule has 3 rings (SSSR count). The summed E-state index contributed by atoms with van der Waals surface area (Å²) in [6, 6.07) is 10.9. The van der Waals surface area contributed by atoms with E-state index in [-0.39, 0.29) is 46.6 Å². The summed E-state index contributed by atoms with van der Waals surface area (Å²) >= 11 is 1.40. The summed E-state index contributed by atoms with van der Waals surface area (Å²) in [5, 5.41) is 0.786. The minimum Gasteiger partial charge on any atom is -0.481 e. The van der Waals surface area contributed by atoms with Crippen LogP contribution in [0.5, 0.6) is 11.8 Å². The molecule has 2 heterocycles. The number of halogens is 3. The van der Waals surface area contributed by atoms with Crippen LogP contribution in [0.2, 0.25) is 0 Å². The monoisotopic (exact) mass is 739 g/mol. The molecule has 2 N–H and O–H groups in total. The van der Waals surface area contributed by atoms with E-state index in [0.717, 1.165) is 38.8 Å². The van der Waals surface area contributed by atoms with Gasteiger partial charge in [-0.15, -0.1) is 0 Å². The number of ether oxygens (including phenoxy) is 3. The first-order valence-electron chi connectivity index (χ1n) is 14.1. The van der Waals surface area contributed by atoms with Gasteiger partial charge >= 0.3 is 47.7 Å². The number of hydrogen-bond acceptors (Lipinski definition) is 12. The van der Waals surface area contributed by atoms with Crippen molar-refractivity contribution in [3.05, 3.63) is 65.4 Å². The van der Waals surface area contributed by atoms with Crippen LogP contribution in [-0.2, 0) is 26.7 Å². The molecular weight excluding hydrogens is 704 g/mol. The fourth-order valence-corrected chi connectivity index (χ4v) is 5.58. The average molecular weight is 740 g/mol. The van der Waals surface area contributed by atoms with E-state index in [2.05, 4.69) is 45.7 Å². The van der Waals surface area contributed by atoms with Gasteiger partial charge in [0.05, 0.1) is 33.0 Å². The molecule has 0 saturated carbocycles. The number of methoxy groups -OCH3 is 3. The van der Waals surface area contributed by atoms with Gasteiger partial charge in [-0.05, 0) is 30.5 Å². The molecule has 0 spiro atoms. The Kier molecular flexibility index (Phi) is 18.4. The van der Waals surface area contributed by atoms with Crippen LogP contribution in [-0.4, -0.2) is 79.9 Å². The number of nitrogens with zero attached hydrogens (tertiary/aromatic N) is 4. The molecule has 0 atom stereocenters. The first kappa shape index (κ1) is 43.4. The van der Waals surface area contributed by atoms with Crippen molar-refractivity contribution in [2.24, 2.45) is 0 Å². The molecule has 2 aromatic heterocycles. The second-order valence-electron chi connectivity index (χ2n) is 9.40. The maximum absolute atomic E-state index is 13.0. The summed E-state index contributed by atoms with van der Waals surface area (Å²) in [7, 11) is -1.69. The molecule has 1 aromatic carbocycles. The van der Waals surface area contributed by atoms with Crippen molar-refractivity contribution in [3.8, 4) is 11.8 Å². The van der Waals surface area contributed by atoms with E-state index in [1.54, 1.807) is 0 Å². The molecule has 0 aliphatic heterocycles. The van der Waals surface area contributed by atoms with Crippen LogP contribution in [0.25, 0.3) is 0 Å². The zero-order valence-corrected chi connectivity index (χ0v) is 31.3. The molecule has 0 aliphatic rings. The third-order valence-electron chi connectivity index (χ3n) is 5.81. The van der Waals surface area contributed by atoms with Crippen LogP contribution in [0.4, 0.5) is 28.7 Å². The van der Waals surface area contributed by atoms with Gasteiger partial charge in [0.1, 0.15) is 5.69 Å². The first-order valence-corrected chi connectivity index (χ1v) is 16.6. The normalized spacial score (nSPS) is 10.8. The number of aromatic nitrogens is 3. The Labute approximate surface area is 308 Å². The molecule has 20 heteroatoms. The Morgan fingerprint density at radius 1 is 0.898 bits per heavy atom. The quantitative estimate of drug-likeness (QED) is 0.205. The summed E-state index contributed by atoms with van der Waals surface area (Å²) in [5.74, 6) is -1.06. The second kappa shape index (κ2) is 20.8. The third kappa shape index (κ3) is 14.0. The molecule has 0 radical (unpaired) electrons. The van der Waals surface area contributed by atoms with Crippen molar-refractivity contribution >= 4 is 45.0 Å². The predicted molar refractivity (Wildman–Crippen MR) is 170 cm³/mol. The van der Waals surface area contributed by atoms with Crippen molar-refractivity contribution in [2.45, 2.75) is 43.6 Å². The van der Waals surface area contributed by atoms with Crippen molar-refractivity contribution < 1.29 is 79.7 Å². The van der Waals surface area contributed by atoms with Gasteiger partial charge in [-0.3, -0.25) is 10.1 Å². The SMILES string of the molecule is CCCN(CCC)C(=O)SCc1ccccc1.COC(=O)c1ccc(C(F)(F)F)nc1S(=O)(=O)NC(=O)Nc1nc(OC)cc(OC)n1.[Na+]. The molecule has 0 unspecified atom stereocenters. The van der Waals surface area contributed by atoms with Gasteiger partial charge in [-0.25, -0.2) is 19.3 Å². The molecular formula is C29H35F3N6NaO8S2+.